The third-order valence-electron chi connectivity index (χ3n) is 7.33. The van der Waals surface area contributed by atoms with Crippen LogP contribution in [0, 0.1) is 0 Å². The van der Waals surface area contributed by atoms with Gasteiger partial charge in [-0.05, 0) is 49.8 Å². The summed E-state index contributed by atoms with van der Waals surface area (Å²) in [6.45, 7) is 6.43. The van der Waals surface area contributed by atoms with Gasteiger partial charge in [-0.3, -0.25) is 19.3 Å². The van der Waals surface area contributed by atoms with E-state index >= 15 is 0 Å². The van der Waals surface area contributed by atoms with Crippen LogP contribution in [0.2, 0.25) is 0 Å². The number of amides is 3. The quantitative estimate of drug-likeness (QED) is 0.0793. The van der Waals surface area contributed by atoms with Crippen LogP contribution in [0.1, 0.15) is 50.6 Å². The topological polar surface area (TPSA) is 166 Å². The number of pyridine rings is 1. The highest BCUT2D eigenvalue weighted by Gasteiger charge is 2.55. The van der Waals surface area contributed by atoms with Crippen LogP contribution in [0.4, 0.5) is 5.82 Å². The number of thioether (sulfide) groups is 2. The van der Waals surface area contributed by atoms with E-state index in [0.717, 1.165) is 11.1 Å². The number of rotatable bonds is 14. The van der Waals surface area contributed by atoms with E-state index in [1.807, 2.05) is 67.6 Å². The highest BCUT2D eigenvalue weighted by atomic mass is 32.2. The normalized spacial score (nSPS) is 17.2. The number of oxime groups is 1. The van der Waals surface area contributed by atoms with Crippen LogP contribution in [-0.2, 0) is 38.3 Å². The summed E-state index contributed by atoms with van der Waals surface area (Å²) >= 11 is 2.85. The third-order valence-corrected chi connectivity index (χ3v) is 9.77. The largest absolute Gasteiger partial charge is 0.457 e. The van der Waals surface area contributed by atoms with Crippen molar-refractivity contribution in [3.63, 3.8) is 0 Å². The van der Waals surface area contributed by atoms with Crippen LogP contribution < -0.4 is 10.6 Å². The number of hydrogen-bond acceptors (Lipinski definition) is 12. The molecule has 0 saturated carbocycles. The number of β-lactam (4-membered cyclic amide) rings is 1. The van der Waals surface area contributed by atoms with E-state index in [1.54, 1.807) is 20.8 Å². The van der Waals surface area contributed by atoms with E-state index in [9.17, 15) is 24.0 Å². The summed E-state index contributed by atoms with van der Waals surface area (Å²) < 4.78 is 11.4. The molecule has 2 aliphatic rings. The van der Waals surface area contributed by atoms with Gasteiger partial charge in [0.25, 0.3) is 11.8 Å². The molecule has 1 aromatic heterocycles. The molecule has 5 rings (SSSR count). The summed E-state index contributed by atoms with van der Waals surface area (Å²) in [7, 11) is 0. The number of carbonyl (C=O) groups excluding carboxylic acids is 5. The van der Waals surface area contributed by atoms with Crippen molar-refractivity contribution in [2.24, 2.45) is 5.16 Å². The molecule has 2 aromatic carbocycles. The lowest BCUT2D eigenvalue weighted by molar-refractivity contribution is -0.160. The average Bonchev–Trinajstić information content (AvgIpc) is 3.11. The second-order valence-corrected chi connectivity index (χ2v) is 14.6. The fourth-order valence-electron chi connectivity index (χ4n) is 5.25. The molecule has 0 bridgehead atoms. The number of hydrogen-bond donors (Lipinski definition) is 2. The zero-order valence-corrected chi connectivity index (χ0v) is 30.0. The van der Waals surface area contributed by atoms with Crippen molar-refractivity contribution >= 4 is 65.2 Å². The molecule has 0 aliphatic carbocycles. The number of esters is 2. The lowest BCUT2D eigenvalue weighted by Crippen LogP contribution is -2.71. The van der Waals surface area contributed by atoms with E-state index in [0.29, 0.717) is 22.8 Å². The van der Waals surface area contributed by atoms with Crippen molar-refractivity contribution in [3.8, 4) is 0 Å². The zero-order valence-electron chi connectivity index (χ0n) is 28.4. The predicted octanol–water partition coefficient (Wildman–Crippen LogP) is 4.41. The van der Waals surface area contributed by atoms with Gasteiger partial charge in [-0.25, -0.2) is 14.6 Å². The van der Waals surface area contributed by atoms with Gasteiger partial charge in [0.2, 0.25) is 13.0 Å². The Hall–Kier alpha value is -5.15. The van der Waals surface area contributed by atoms with Crippen molar-refractivity contribution in [1.29, 1.82) is 0 Å². The summed E-state index contributed by atoms with van der Waals surface area (Å²) in [5.41, 5.74) is 0.556. The molecule has 2 atom stereocenters. The summed E-state index contributed by atoms with van der Waals surface area (Å²) in [5, 5.41) is 8.36. The fraction of sp³-hybridized carbons (Fsp3) is 0.306. The van der Waals surface area contributed by atoms with E-state index in [-0.39, 0.29) is 22.9 Å². The molecular weight excluding hydrogens is 695 g/mol. The monoisotopic (exact) mass is 731 g/mol. The Labute approximate surface area is 303 Å². The van der Waals surface area contributed by atoms with Gasteiger partial charge < -0.3 is 24.9 Å². The number of ether oxygens (including phenoxy) is 2. The number of nitrogens with zero attached hydrogens (tertiary/aromatic N) is 3. The molecule has 1 fully saturated rings. The van der Waals surface area contributed by atoms with E-state index in [4.69, 9.17) is 14.3 Å². The molecule has 15 heteroatoms. The summed E-state index contributed by atoms with van der Waals surface area (Å²) in [4.78, 5) is 76.3. The van der Waals surface area contributed by atoms with E-state index in [1.165, 1.54) is 46.6 Å². The second-order valence-electron chi connectivity index (χ2n) is 12.1. The van der Waals surface area contributed by atoms with Gasteiger partial charge in [0, 0.05) is 10.7 Å². The first kappa shape index (κ1) is 37.1. The Morgan fingerprint density at radius 3 is 2.31 bits per heavy atom. The minimum atomic E-state index is -1.04. The van der Waals surface area contributed by atoms with Gasteiger partial charge in [-0.2, -0.15) is 0 Å². The zero-order chi connectivity index (χ0) is 36.5. The summed E-state index contributed by atoms with van der Waals surface area (Å²) in [6.07, 6.45) is -0.302. The molecular formula is C36H37N5O8S2. The summed E-state index contributed by atoms with van der Waals surface area (Å²) in [6, 6.07) is 22.1. The SMILES string of the molecule is CCSC1=C(C(=O)OC(c2ccccc2)c2ccccc2)N2C(=O)C(NC(=O)/C(=N/OCC(=O)OC(C)(C)C)c3cccc(NC=O)n3)[C@H]2SC1. The number of fused-ring (bicyclic) bond motifs is 1. The Morgan fingerprint density at radius 2 is 1.71 bits per heavy atom. The number of carbonyl (C=O) groups is 5. The lowest BCUT2D eigenvalue weighted by Gasteiger charge is -2.49. The molecule has 1 unspecified atom stereocenters. The molecule has 13 nitrogen and oxygen atoms in total. The first-order valence-electron chi connectivity index (χ1n) is 16.0. The van der Waals surface area contributed by atoms with Gasteiger partial charge in [-0.15, -0.1) is 23.5 Å². The Morgan fingerprint density at radius 1 is 1.04 bits per heavy atom. The van der Waals surface area contributed by atoms with E-state index in [2.05, 4.69) is 20.8 Å². The molecule has 2 aliphatic heterocycles. The highest BCUT2D eigenvalue weighted by Crippen LogP contribution is 2.44. The minimum absolute atomic E-state index is 0.00197. The number of anilines is 1. The van der Waals surface area contributed by atoms with Gasteiger partial charge in [-0.1, -0.05) is 78.8 Å². The number of benzene rings is 2. The highest BCUT2D eigenvalue weighted by molar-refractivity contribution is 8.06. The minimum Gasteiger partial charge on any atom is -0.457 e. The molecule has 51 heavy (non-hydrogen) atoms. The van der Waals surface area contributed by atoms with Crippen molar-refractivity contribution < 1.29 is 38.3 Å². The first-order chi connectivity index (χ1) is 24.5. The Balaban J connectivity index is 1.38. The molecule has 3 aromatic rings. The molecule has 3 amide bonds. The number of aromatic nitrogens is 1. The van der Waals surface area contributed by atoms with Crippen molar-refractivity contribution in [2.75, 3.05) is 23.4 Å². The van der Waals surface area contributed by atoms with Crippen LogP contribution in [0.25, 0.3) is 0 Å². The van der Waals surface area contributed by atoms with Crippen LogP contribution in [0.3, 0.4) is 0 Å². The standard InChI is InChI=1S/C36H37N5O8S2/c1-5-50-25-20-51-34-29(33(45)41(34)30(25)35(46)48-31(22-13-8-6-9-14-22)23-15-10-7-11-16-23)39-32(44)28(24-17-12-18-26(38-24)37-21-42)40-47-19-27(43)49-36(2,3)4/h6-18,21,29,31,34H,5,19-20H2,1-4H3,(H,39,44)(H,37,38,42)/b40-28+/t29?,34-/m1/s1. The molecule has 3 heterocycles. The van der Waals surface area contributed by atoms with Crippen LogP contribution in [0.5, 0.6) is 0 Å². The molecule has 2 N–H and O–H groups in total. The lowest BCUT2D eigenvalue weighted by atomic mass is 10.0. The first-order valence-corrected chi connectivity index (χ1v) is 18.1. The van der Waals surface area contributed by atoms with Gasteiger partial charge >= 0.3 is 11.9 Å². The maximum absolute atomic E-state index is 14.0. The molecule has 0 spiro atoms. The van der Waals surface area contributed by atoms with Crippen LogP contribution >= 0.6 is 23.5 Å². The van der Waals surface area contributed by atoms with Gasteiger partial charge in [0.1, 0.15) is 34.2 Å². The molecule has 1 saturated heterocycles. The van der Waals surface area contributed by atoms with Gasteiger partial charge in [0.05, 0.1) is 0 Å². The predicted molar refractivity (Wildman–Crippen MR) is 193 cm³/mol. The average molecular weight is 732 g/mol. The van der Waals surface area contributed by atoms with Crippen molar-refractivity contribution in [2.45, 2.75) is 50.8 Å². The van der Waals surface area contributed by atoms with Crippen molar-refractivity contribution in [1.82, 2.24) is 15.2 Å². The third kappa shape index (κ3) is 9.15. The number of nitrogens with one attached hydrogen (secondary N) is 2. The maximum atomic E-state index is 14.0. The van der Waals surface area contributed by atoms with E-state index < -0.39 is 53.5 Å². The molecule has 266 valence electrons. The second kappa shape index (κ2) is 16.7. The smallest absolute Gasteiger partial charge is 0.356 e. The van der Waals surface area contributed by atoms with Crippen LogP contribution in [0.15, 0.2) is 94.6 Å². The van der Waals surface area contributed by atoms with Gasteiger partial charge in [0.15, 0.2) is 11.8 Å². The maximum Gasteiger partial charge on any atom is 0.356 e. The van der Waals surface area contributed by atoms with Crippen molar-refractivity contribution in [3.05, 3.63) is 106 Å². The fourth-order valence-corrected chi connectivity index (χ4v) is 7.65. The Bertz CT molecular complexity index is 1790. The summed E-state index contributed by atoms with van der Waals surface area (Å²) in [5.74, 6) is -1.52. The van der Waals surface area contributed by atoms with Crippen LogP contribution in [-0.4, -0.2) is 80.9 Å². The Kier molecular flexibility index (Phi) is 12.2. The molecule has 0 radical (unpaired) electrons.